The lowest BCUT2D eigenvalue weighted by molar-refractivity contribution is 0.104. The van der Waals surface area contributed by atoms with Crippen LogP contribution in [0, 0.1) is 22.7 Å². The molecule has 1 aliphatic carbocycles. The molecule has 0 amide bonds. The third-order valence-electron chi connectivity index (χ3n) is 5.61. The van der Waals surface area contributed by atoms with E-state index >= 15 is 0 Å². The summed E-state index contributed by atoms with van der Waals surface area (Å²) < 4.78 is 17.7. The van der Waals surface area contributed by atoms with Gasteiger partial charge in [-0.15, -0.1) is 0 Å². The van der Waals surface area contributed by atoms with E-state index in [4.69, 9.17) is 13.3 Å². The highest BCUT2D eigenvalue weighted by atomic mass is 16.4. The summed E-state index contributed by atoms with van der Waals surface area (Å²) in [7, 11) is 0. The molecule has 0 saturated heterocycles. The van der Waals surface area contributed by atoms with Crippen LogP contribution in [-0.4, -0.2) is 5.78 Å². The molecule has 154 valence electrons. The number of rotatable bonds is 2. The first kappa shape index (κ1) is 18.7. The van der Waals surface area contributed by atoms with Gasteiger partial charge in [-0.05, 0) is 23.8 Å². The van der Waals surface area contributed by atoms with Gasteiger partial charge in [0.1, 0.15) is 29.1 Å². The molecule has 0 bridgehead atoms. The highest BCUT2D eigenvalue weighted by Crippen LogP contribution is 2.40. The van der Waals surface area contributed by atoms with Crippen LogP contribution in [0.15, 0.2) is 91.1 Å². The molecule has 0 saturated carbocycles. The van der Waals surface area contributed by atoms with Crippen molar-refractivity contribution in [3.8, 4) is 23.7 Å². The number of nitriles is 2. The lowest BCUT2D eigenvalue weighted by Gasteiger charge is -2.00. The summed E-state index contributed by atoms with van der Waals surface area (Å²) in [5, 5.41) is 19.8. The highest BCUT2D eigenvalue weighted by molar-refractivity contribution is 6.29. The summed E-state index contributed by atoms with van der Waals surface area (Å²) in [6.45, 7) is 0. The third-order valence-corrected chi connectivity index (χ3v) is 5.61. The van der Waals surface area contributed by atoms with E-state index in [1.165, 1.54) is 0 Å². The number of fused-ring (bicyclic) bond motifs is 3. The first-order valence-electron chi connectivity index (χ1n) is 10.1. The summed E-state index contributed by atoms with van der Waals surface area (Å²) in [6.07, 6.45) is 1.54. The minimum absolute atomic E-state index is 0.123. The van der Waals surface area contributed by atoms with E-state index in [1.807, 2.05) is 42.5 Å². The van der Waals surface area contributed by atoms with E-state index < -0.39 is 0 Å². The van der Waals surface area contributed by atoms with E-state index in [-0.39, 0.29) is 16.9 Å². The average molecular weight is 428 g/mol. The number of nitrogens with zero attached hydrogens (tertiary/aromatic N) is 2. The second kappa shape index (κ2) is 6.98. The molecular weight excluding hydrogens is 416 g/mol. The van der Waals surface area contributed by atoms with Crippen molar-refractivity contribution < 1.29 is 18.0 Å². The predicted octanol–water partition coefficient (Wildman–Crippen LogP) is 6.52. The standard InChI is InChI=1S/C27H12N2O4/c28-13-16(14-29)26-18-6-2-3-7-19(18)27(30)20(26)10-17-11-23-24(31-17)12-25(33-23)22-9-15-5-1-4-8-21(15)32-22/h1-12H/b20-10-. The van der Waals surface area contributed by atoms with Crippen LogP contribution in [0.2, 0.25) is 0 Å². The van der Waals surface area contributed by atoms with Crippen LogP contribution in [0.4, 0.5) is 0 Å². The monoisotopic (exact) mass is 428 g/mol. The number of Topliss-reactive ketones (excluding diaryl/α,β-unsaturated/α-hetero) is 1. The molecule has 0 N–H and O–H groups in total. The van der Waals surface area contributed by atoms with Gasteiger partial charge in [-0.3, -0.25) is 4.79 Å². The van der Waals surface area contributed by atoms with Gasteiger partial charge in [0.15, 0.2) is 28.5 Å². The fraction of sp³-hybridized carbons (Fsp3) is 0. The van der Waals surface area contributed by atoms with Gasteiger partial charge in [-0.25, -0.2) is 0 Å². The zero-order chi connectivity index (χ0) is 22.5. The van der Waals surface area contributed by atoms with Gasteiger partial charge in [0.25, 0.3) is 0 Å². The number of para-hydroxylation sites is 1. The van der Waals surface area contributed by atoms with E-state index in [2.05, 4.69) is 0 Å². The lowest BCUT2D eigenvalue weighted by atomic mass is 9.99. The Bertz CT molecular complexity index is 1680. The number of furan rings is 3. The summed E-state index contributed by atoms with van der Waals surface area (Å²) in [6, 6.07) is 23.7. The molecular formula is C27H12N2O4. The van der Waals surface area contributed by atoms with Gasteiger partial charge >= 0.3 is 0 Å². The molecule has 3 aromatic heterocycles. The van der Waals surface area contributed by atoms with Gasteiger partial charge in [0.05, 0.1) is 0 Å². The summed E-state index contributed by atoms with van der Waals surface area (Å²) in [4.78, 5) is 13.0. The second-order valence-electron chi connectivity index (χ2n) is 7.54. The summed E-state index contributed by atoms with van der Waals surface area (Å²) in [5.74, 6) is 1.23. The van der Waals surface area contributed by atoms with Crippen molar-refractivity contribution in [2.45, 2.75) is 0 Å². The first-order chi connectivity index (χ1) is 16.2. The van der Waals surface area contributed by atoms with E-state index in [9.17, 15) is 15.3 Å². The average Bonchev–Trinajstić information content (AvgIpc) is 3.57. The fourth-order valence-electron chi connectivity index (χ4n) is 4.14. The highest BCUT2D eigenvalue weighted by Gasteiger charge is 2.32. The molecule has 33 heavy (non-hydrogen) atoms. The lowest BCUT2D eigenvalue weighted by Crippen LogP contribution is -1.95. The molecule has 0 atom stereocenters. The smallest absolute Gasteiger partial charge is 0.194 e. The Balaban J connectivity index is 1.43. The minimum atomic E-state index is -0.264. The Morgan fingerprint density at radius 3 is 2.18 bits per heavy atom. The zero-order valence-corrected chi connectivity index (χ0v) is 17.0. The maximum absolute atomic E-state index is 13.0. The first-order valence-corrected chi connectivity index (χ1v) is 10.1. The van der Waals surface area contributed by atoms with E-state index in [0.29, 0.717) is 45.1 Å². The minimum Gasteiger partial charge on any atom is -0.453 e. The fourth-order valence-corrected chi connectivity index (χ4v) is 4.14. The maximum Gasteiger partial charge on any atom is 0.194 e. The zero-order valence-electron chi connectivity index (χ0n) is 17.0. The number of carbonyl (C=O) groups is 1. The van der Waals surface area contributed by atoms with Crippen LogP contribution in [0.5, 0.6) is 0 Å². The molecule has 0 unspecified atom stereocenters. The molecule has 0 fully saturated rings. The molecule has 6 heteroatoms. The van der Waals surface area contributed by atoms with Crippen molar-refractivity contribution in [2.24, 2.45) is 0 Å². The van der Waals surface area contributed by atoms with Crippen molar-refractivity contribution in [1.82, 2.24) is 0 Å². The van der Waals surface area contributed by atoms with Gasteiger partial charge < -0.3 is 13.3 Å². The molecule has 0 spiro atoms. The maximum atomic E-state index is 13.0. The Morgan fingerprint density at radius 1 is 0.758 bits per heavy atom. The molecule has 6 nitrogen and oxygen atoms in total. The van der Waals surface area contributed by atoms with Gasteiger partial charge in [0, 0.05) is 34.2 Å². The Hall–Kier alpha value is -5.07. The number of allylic oxidation sites excluding steroid dienone is 3. The van der Waals surface area contributed by atoms with Crippen molar-refractivity contribution >= 4 is 39.6 Å². The quantitative estimate of drug-likeness (QED) is 0.234. The van der Waals surface area contributed by atoms with Gasteiger partial charge in [-0.2, -0.15) is 10.5 Å². The third kappa shape index (κ3) is 2.83. The topological polar surface area (TPSA) is 104 Å². The Labute approximate surface area is 186 Å². The van der Waals surface area contributed by atoms with E-state index in [0.717, 1.165) is 11.0 Å². The number of hydrogen-bond donors (Lipinski definition) is 0. The molecule has 3 heterocycles. The van der Waals surface area contributed by atoms with Crippen molar-refractivity contribution in [3.63, 3.8) is 0 Å². The molecule has 1 aliphatic rings. The number of carbonyl (C=O) groups excluding carboxylic acids is 1. The normalized spacial score (nSPS) is 14.1. The van der Waals surface area contributed by atoms with Crippen LogP contribution in [-0.2, 0) is 0 Å². The molecule has 2 aromatic carbocycles. The second-order valence-corrected chi connectivity index (χ2v) is 7.54. The van der Waals surface area contributed by atoms with Crippen molar-refractivity contribution in [2.75, 3.05) is 0 Å². The SMILES string of the molecule is N#CC(C#N)=C1/C(=C/c2cc3oc(-c4cc5ccccc5o4)cc3o2)C(=O)c2ccccc21. The molecule has 5 aromatic rings. The van der Waals surface area contributed by atoms with E-state index in [1.54, 1.807) is 42.5 Å². The molecule has 6 rings (SSSR count). The van der Waals surface area contributed by atoms with Crippen molar-refractivity contribution in [3.05, 3.63) is 94.8 Å². The number of benzene rings is 2. The van der Waals surface area contributed by atoms with Crippen LogP contribution in [0.25, 0.3) is 45.3 Å². The molecule has 0 radical (unpaired) electrons. The van der Waals surface area contributed by atoms with Crippen LogP contribution < -0.4 is 0 Å². The van der Waals surface area contributed by atoms with Crippen LogP contribution in [0.1, 0.15) is 21.7 Å². The predicted molar refractivity (Wildman–Crippen MR) is 121 cm³/mol. The van der Waals surface area contributed by atoms with Gasteiger partial charge in [-0.1, -0.05) is 42.5 Å². The largest absolute Gasteiger partial charge is 0.453 e. The number of ketones is 1. The Kier molecular flexibility index (Phi) is 3.95. The van der Waals surface area contributed by atoms with Crippen LogP contribution >= 0.6 is 0 Å². The van der Waals surface area contributed by atoms with Gasteiger partial charge in [0.2, 0.25) is 0 Å². The summed E-state index contributed by atoms with van der Waals surface area (Å²) >= 11 is 0. The van der Waals surface area contributed by atoms with Crippen molar-refractivity contribution in [1.29, 1.82) is 10.5 Å². The Morgan fingerprint density at radius 2 is 1.42 bits per heavy atom. The summed E-state index contributed by atoms with van der Waals surface area (Å²) in [5.41, 5.74) is 3.19. The van der Waals surface area contributed by atoms with Crippen LogP contribution in [0.3, 0.4) is 0 Å². The molecule has 0 aliphatic heterocycles. The number of hydrogen-bond acceptors (Lipinski definition) is 6.